The predicted octanol–water partition coefficient (Wildman–Crippen LogP) is 3.41. The van der Waals surface area contributed by atoms with Crippen molar-refractivity contribution >= 4 is 0 Å². The van der Waals surface area contributed by atoms with Crippen molar-refractivity contribution in [2.45, 2.75) is 59.0 Å². The Hall–Kier alpha value is -0.0400. The van der Waals surface area contributed by atoms with Crippen LogP contribution in [0.4, 0.5) is 0 Å². The predicted molar refractivity (Wildman–Crippen MR) is 48.1 cm³/mol. The zero-order valence-corrected chi connectivity index (χ0v) is 8.10. The quantitative estimate of drug-likeness (QED) is 0.563. The number of rotatable bonds is 6. The Morgan fingerprint density at radius 3 is 1.73 bits per heavy atom. The maximum atomic E-state index is 11.4. The molecular weight excluding hydrogens is 136 g/mol. The Morgan fingerprint density at radius 2 is 1.45 bits per heavy atom. The average molecular weight is 157 g/mol. The molecule has 0 heterocycles. The molecule has 1 heteroatoms. The highest BCUT2D eigenvalue weighted by atomic mass is 16.3. The Kier molecular flexibility index (Phi) is 6.63. The molecule has 0 aliphatic heterocycles. The fourth-order valence-corrected chi connectivity index (χ4v) is 1.59. The second kappa shape index (κ2) is 6.66. The van der Waals surface area contributed by atoms with Crippen LogP contribution in [0.2, 0.25) is 0 Å². The summed E-state index contributed by atoms with van der Waals surface area (Å²) in [5.41, 5.74) is 0. The van der Waals surface area contributed by atoms with Gasteiger partial charge >= 0.3 is 0 Å². The lowest BCUT2D eigenvalue weighted by Gasteiger charge is -2.18. The third kappa shape index (κ3) is 4.41. The Balaban J connectivity index is 3.66. The van der Waals surface area contributed by atoms with Gasteiger partial charge in [0.15, 0.2) is 0 Å². The van der Waals surface area contributed by atoms with Crippen LogP contribution in [-0.2, 0) is 5.11 Å². The molecule has 0 saturated carbocycles. The Bertz CT molecular complexity index is 74.9. The molecule has 0 spiro atoms. The van der Waals surface area contributed by atoms with Crippen molar-refractivity contribution in [3.63, 3.8) is 0 Å². The molecule has 67 valence electrons. The van der Waals surface area contributed by atoms with Gasteiger partial charge in [-0.3, -0.25) is 0 Å². The van der Waals surface area contributed by atoms with Crippen LogP contribution in [0.3, 0.4) is 0 Å². The van der Waals surface area contributed by atoms with E-state index in [0.29, 0.717) is 5.92 Å². The summed E-state index contributed by atoms with van der Waals surface area (Å²) in [7, 11) is 0. The molecule has 0 rings (SSSR count). The van der Waals surface area contributed by atoms with Crippen LogP contribution >= 0.6 is 0 Å². The lowest BCUT2D eigenvalue weighted by molar-refractivity contribution is 0.0260. The number of hydrogen-bond acceptors (Lipinski definition) is 0. The van der Waals surface area contributed by atoms with Crippen molar-refractivity contribution < 1.29 is 5.11 Å². The second-order valence-corrected chi connectivity index (χ2v) is 3.28. The van der Waals surface area contributed by atoms with Gasteiger partial charge in [0.1, 0.15) is 0 Å². The van der Waals surface area contributed by atoms with Crippen molar-refractivity contribution in [3.05, 3.63) is 0 Å². The van der Waals surface area contributed by atoms with E-state index in [2.05, 4.69) is 13.8 Å². The summed E-state index contributed by atoms with van der Waals surface area (Å²) in [4.78, 5) is 0. The van der Waals surface area contributed by atoms with E-state index in [0.717, 1.165) is 32.1 Å². The van der Waals surface area contributed by atoms with Crippen molar-refractivity contribution in [1.82, 2.24) is 0 Å². The van der Waals surface area contributed by atoms with Gasteiger partial charge in [0.2, 0.25) is 0 Å². The normalized spacial score (nSPS) is 13.9. The molecule has 0 aromatic carbocycles. The maximum Gasteiger partial charge on any atom is 0.0955 e. The largest absolute Gasteiger partial charge is 0.233 e. The van der Waals surface area contributed by atoms with Gasteiger partial charge in [0.25, 0.3) is 0 Å². The lowest BCUT2D eigenvalue weighted by atomic mass is 9.91. The van der Waals surface area contributed by atoms with Gasteiger partial charge in [0.05, 0.1) is 6.10 Å². The molecule has 1 unspecified atom stereocenters. The molecule has 11 heavy (non-hydrogen) atoms. The molecule has 1 radical (unpaired) electrons. The molecule has 0 fully saturated rings. The summed E-state index contributed by atoms with van der Waals surface area (Å²) >= 11 is 0. The van der Waals surface area contributed by atoms with Gasteiger partial charge in [-0.05, 0) is 25.2 Å². The monoisotopic (exact) mass is 157 g/mol. The first-order valence-electron chi connectivity index (χ1n) is 4.92. The Morgan fingerprint density at radius 1 is 1.00 bits per heavy atom. The second-order valence-electron chi connectivity index (χ2n) is 3.28. The molecule has 1 atom stereocenters. The van der Waals surface area contributed by atoms with Gasteiger partial charge in [-0.1, -0.05) is 33.6 Å². The van der Waals surface area contributed by atoms with Crippen molar-refractivity contribution in [2.75, 3.05) is 0 Å². The van der Waals surface area contributed by atoms with Gasteiger partial charge in [-0.15, -0.1) is 0 Å². The number of hydrogen-bond donors (Lipinski definition) is 0. The first-order chi connectivity index (χ1) is 5.26. The molecular formula is C10H21O. The van der Waals surface area contributed by atoms with E-state index >= 15 is 0 Å². The van der Waals surface area contributed by atoms with Gasteiger partial charge in [-0.2, -0.15) is 0 Å². The van der Waals surface area contributed by atoms with Crippen molar-refractivity contribution in [1.29, 1.82) is 0 Å². The van der Waals surface area contributed by atoms with E-state index in [1.807, 2.05) is 6.92 Å². The third-order valence-corrected chi connectivity index (χ3v) is 2.25. The van der Waals surface area contributed by atoms with Crippen LogP contribution in [0, 0.1) is 5.92 Å². The van der Waals surface area contributed by atoms with Crippen LogP contribution < -0.4 is 0 Å². The molecule has 0 aliphatic carbocycles. The maximum absolute atomic E-state index is 11.4. The van der Waals surface area contributed by atoms with Crippen LogP contribution in [0.15, 0.2) is 0 Å². The highest BCUT2D eigenvalue weighted by Crippen LogP contribution is 2.19. The van der Waals surface area contributed by atoms with E-state index < -0.39 is 0 Å². The van der Waals surface area contributed by atoms with E-state index in [1.54, 1.807) is 0 Å². The van der Waals surface area contributed by atoms with Crippen molar-refractivity contribution in [3.8, 4) is 0 Å². The van der Waals surface area contributed by atoms with Gasteiger partial charge < -0.3 is 0 Å². The molecule has 0 aromatic rings. The Labute approximate surface area is 70.8 Å². The summed E-state index contributed by atoms with van der Waals surface area (Å²) in [6.45, 7) is 6.31. The lowest BCUT2D eigenvalue weighted by Crippen LogP contribution is -2.17. The third-order valence-electron chi connectivity index (χ3n) is 2.25. The molecule has 0 aliphatic rings. The molecule has 0 N–H and O–H groups in total. The average Bonchev–Trinajstić information content (AvgIpc) is 2.03. The van der Waals surface area contributed by atoms with E-state index in [1.165, 1.54) is 0 Å². The smallest absolute Gasteiger partial charge is 0.0955 e. The summed E-state index contributed by atoms with van der Waals surface area (Å²) in [6, 6.07) is 0. The van der Waals surface area contributed by atoms with Crippen LogP contribution in [0.25, 0.3) is 0 Å². The summed E-state index contributed by atoms with van der Waals surface area (Å²) < 4.78 is 0. The van der Waals surface area contributed by atoms with Crippen molar-refractivity contribution in [2.24, 2.45) is 5.92 Å². The first kappa shape index (κ1) is 11.0. The summed E-state index contributed by atoms with van der Waals surface area (Å²) in [6.07, 6.45) is 5.04. The molecule has 0 bridgehead atoms. The first-order valence-corrected chi connectivity index (χ1v) is 4.92. The summed E-state index contributed by atoms with van der Waals surface area (Å²) in [5, 5.41) is 11.4. The van der Waals surface area contributed by atoms with Crippen LogP contribution in [0.1, 0.15) is 52.9 Å². The van der Waals surface area contributed by atoms with Gasteiger partial charge in [0, 0.05) is 0 Å². The fraction of sp³-hybridized carbons (Fsp3) is 1.00. The molecule has 0 aromatic heterocycles. The SMILES string of the molecule is CCCC(CCC)C([O])CC. The fourth-order valence-electron chi connectivity index (χ4n) is 1.59. The minimum absolute atomic E-state index is 0.310. The summed E-state index contributed by atoms with van der Waals surface area (Å²) in [5.74, 6) is 0.440. The van der Waals surface area contributed by atoms with Gasteiger partial charge in [-0.25, -0.2) is 5.11 Å². The zero-order chi connectivity index (χ0) is 8.69. The highest BCUT2D eigenvalue weighted by molar-refractivity contribution is 4.66. The van der Waals surface area contributed by atoms with E-state index in [-0.39, 0.29) is 6.10 Å². The van der Waals surface area contributed by atoms with Crippen LogP contribution in [0.5, 0.6) is 0 Å². The molecule has 0 amide bonds. The van der Waals surface area contributed by atoms with E-state index in [4.69, 9.17) is 0 Å². The molecule has 0 saturated heterocycles. The topological polar surface area (TPSA) is 19.9 Å². The highest BCUT2D eigenvalue weighted by Gasteiger charge is 2.16. The molecule has 1 nitrogen and oxygen atoms in total. The van der Waals surface area contributed by atoms with E-state index in [9.17, 15) is 5.11 Å². The minimum atomic E-state index is -0.310. The zero-order valence-electron chi connectivity index (χ0n) is 8.10. The minimum Gasteiger partial charge on any atom is -0.233 e. The van der Waals surface area contributed by atoms with Crippen LogP contribution in [-0.4, -0.2) is 6.10 Å². The standard InChI is InChI=1S/C10H21O/c1-4-7-9(8-5-2)10(11)6-3/h9-10H,4-8H2,1-3H3.